The fourth-order valence-electron chi connectivity index (χ4n) is 1.60. The fourth-order valence-corrected chi connectivity index (χ4v) is 1.82. The molecule has 0 aliphatic heterocycles. The Bertz CT molecular complexity index is 597. The van der Waals surface area contributed by atoms with Crippen LogP contribution in [-0.4, -0.2) is 21.2 Å². The number of rotatable bonds is 4. The van der Waals surface area contributed by atoms with Crippen molar-refractivity contribution >= 4 is 17.6 Å². The number of aromatic nitrogens is 2. The van der Waals surface area contributed by atoms with Crippen LogP contribution in [0, 0.1) is 5.92 Å². The Labute approximate surface area is 115 Å². The van der Waals surface area contributed by atoms with E-state index in [9.17, 15) is 4.79 Å². The number of benzene rings is 1. The van der Waals surface area contributed by atoms with Crippen LogP contribution >= 0.6 is 11.6 Å². The number of hydrogen-bond acceptors (Lipinski definition) is 4. The van der Waals surface area contributed by atoms with Gasteiger partial charge in [-0.2, -0.15) is 4.98 Å². The molecule has 0 amide bonds. The molecule has 5 nitrogen and oxygen atoms in total. The molecule has 2 atom stereocenters. The van der Waals surface area contributed by atoms with E-state index in [0.717, 1.165) is 0 Å². The molecule has 0 aliphatic rings. The van der Waals surface area contributed by atoms with Gasteiger partial charge in [0.2, 0.25) is 11.7 Å². The SMILES string of the molecule is CC(C(=O)O)C(C)c1nc(-c2ccccc2Cl)no1. The summed E-state index contributed by atoms with van der Waals surface area (Å²) in [6.07, 6.45) is 0. The third kappa shape index (κ3) is 2.76. The zero-order chi connectivity index (χ0) is 14.0. The summed E-state index contributed by atoms with van der Waals surface area (Å²) in [7, 11) is 0. The molecule has 100 valence electrons. The Balaban J connectivity index is 2.29. The Morgan fingerprint density at radius 1 is 1.37 bits per heavy atom. The molecule has 0 saturated carbocycles. The lowest BCUT2D eigenvalue weighted by Crippen LogP contribution is -2.16. The third-order valence-electron chi connectivity index (χ3n) is 3.09. The van der Waals surface area contributed by atoms with Gasteiger partial charge in [0.15, 0.2) is 0 Å². The van der Waals surface area contributed by atoms with Crippen LogP contribution in [0.5, 0.6) is 0 Å². The summed E-state index contributed by atoms with van der Waals surface area (Å²) in [6.45, 7) is 3.34. The van der Waals surface area contributed by atoms with Gasteiger partial charge in [-0.05, 0) is 12.1 Å². The number of hydrogen-bond donors (Lipinski definition) is 1. The monoisotopic (exact) mass is 280 g/mol. The van der Waals surface area contributed by atoms with Crippen molar-refractivity contribution in [3.63, 3.8) is 0 Å². The fraction of sp³-hybridized carbons (Fsp3) is 0.308. The van der Waals surface area contributed by atoms with Crippen LogP contribution in [0.2, 0.25) is 5.02 Å². The van der Waals surface area contributed by atoms with E-state index >= 15 is 0 Å². The van der Waals surface area contributed by atoms with Gasteiger partial charge in [-0.3, -0.25) is 4.79 Å². The van der Waals surface area contributed by atoms with Crippen LogP contribution in [0.15, 0.2) is 28.8 Å². The summed E-state index contributed by atoms with van der Waals surface area (Å²) in [6, 6.07) is 7.14. The van der Waals surface area contributed by atoms with E-state index in [4.69, 9.17) is 21.2 Å². The summed E-state index contributed by atoms with van der Waals surface area (Å²) in [5.41, 5.74) is 0.661. The van der Waals surface area contributed by atoms with E-state index in [-0.39, 0.29) is 5.92 Å². The summed E-state index contributed by atoms with van der Waals surface area (Å²) in [4.78, 5) is 15.2. The maximum Gasteiger partial charge on any atom is 0.307 e. The molecule has 2 aromatic rings. The van der Waals surface area contributed by atoms with E-state index in [2.05, 4.69) is 10.1 Å². The zero-order valence-corrected chi connectivity index (χ0v) is 11.3. The lowest BCUT2D eigenvalue weighted by atomic mass is 9.96. The zero-order valence-electron chi connectivity index (χ0n) is 10.5. The van der Waals surface area contributed by atoms with Gasteiger partial charge in [0.25, 0.3) is 0 Å². The maximum atomic E-state index is 10.9. The molecular weight excluding hydrogens is 268 g/mol. The lowest BCUT2D eigenvalue weighted by molar-refractivity contribution is -0.141. The highest BCUT2D eigenvalue weighted by atomic mass is 35.5. The van der Waals surface area contributed by atoms with Gasteiger partial charge in [-0.1, -0.05) is 42.7 Å². The molecular formula is C13H13ClN2O3. The van der Waals surface area contributed by atoms with E-state index in [1.54, 1.807) is 26.0 Å². The molecule has 0 radical (unpaired) electrons. The molecule has 0 spiro atoms. The number of aliphatic carboxylic acids is 1. The number of nitrogens with zero attached hydrogens (tertiary/aromatic N) is 2. The predicted octanol–water partition coefficient (Wildman–Crippen LogP) is 3.21. The first-order chi connectivity index (χ1) is 9.00. The molecule has 2 rings (SSSR count). The Hall–Kier alpha value is -1.88. The van der Waals surface area contributed by atoms with Crippen molar-refractivity contribution in [3.8, 4) is 11.4 Å². The Morgan fingerprint density at radius 3 is 2.68 bits per heavy atom. The first-order valence-corrected chi connectivity index (χ1v) is 6.19. The number of carboxylic acid groups (broad SMARTS) is 1. The van der Waals surface area contributed by atoms with Crippen LogP contribution in [0.1, 0.15) is 25.7 Å². The molecule has 1 N–H and O–H groups in total. The van der Waals surface area contributed by atoms with Crippen LogP contribution in [0.25, 0.3) is 11.4 Å². The summed E-state index contributed by atoms with van der Waals surface area (Å²) in [5.74, 6) is -1.19. The average molecular weight is 281 g/mol. The predicted molar refractivity (Wildman–Crippen MR) is 70.0 cm³/mol. The molecule has 0 aliphatic carbocycles. The van der Waals surface area contributed by atoms with Gasteiger partial charge in [0.05, 0.1) is 10.9 Å². The molecule has 1 aromatic carbocycles. The molecule has 2 unspecified atom stereocenters. The molecule has 0 bridgehead atoms. The minimum atomic E-state index is -0.898. The van der Waals surface area contributed by atoms with Crippen molar-refractivity contribution in [1.29, 1.82) is 0 Å². The Morgan fingerprint density at radius 2 is 2.05 bits per heavy atom. The summed E-state index contributed by atoms with van der Waals surface area (Å²) < 4.78 is 5.12. The van der Waals surface area contributed by atoms with Crippen LogP contribution in [-0.2, 0) is 4.79 Å². The lowest BCUT2D eigenvalue weighted by Gasteiger charge is -2.10. The number of carbonyl (C=O) groups is 1. The minimum absolute atomic E-state index is 0.296. The van der Waals surface area contributed by atoms with Gasteiger partial charge in [-0.25, -0.2) is 0 Å². The maximum absolute atomic E-state index is 10.9. The first-order valence-electron chi connectivity index (χ1n) is 5.82. The smallest absolute Gasteiger partial charge is 0.307 e. The number of halogens is 1. The van der Waals surface area contributed by atoms with Gasteiger partial charge < -0.3 is 9.63 Å². The van der Waals surface area contributed by atoms with Gasteiger partial charge in [0.1, 0.15) is 0 Å². The Kier molecular flexibility index (Phi) is 3.85. The highest BCUT2D eigenvalue weighted by Crippen LogP contribution is 2.28. The molecule has 6 heteroatoms. The van der Waals surface area contributed by atoms with Crippen molar-refractivity contribution in [2.75, 3.05) is 0 Å². The highest BCUT2D eigenvalue weighted by molar-refractivity contribution is 6.33. The largest absolute Gasteiger partial charge is 0.481 e. The minimum Gasteiger partial charge on any atom is -0.481 e. The topological polar surface area (TPSA) is 76.2 Å². The first kappa shape index (κ1) is 13.5. The van der Waals surface area contributed by atoms with Crippen molar-refractivity contribution in [1.82, 2.24) is 10.1 Å². The second kappa shape index (κ2) is 5.40. The second-order valence-corrected chi connectivity index (χ2v) is 4.76. The van der Waals surface area contributed by atoms with Crippen LogP contribution in [0.3, 0.4) is 0 Å². The second-order valence-electron chi connectivity index (χ2n) is 4.35. The van der Waals surface area contributed by atoms with Gasteiger partial charge in [-0.15, -0.1) is 0 Å². The van der Waals surface area contributed by atoms with Crippen molar-refractivity contribution in [2.45, 2.75) is 19.8 Å². The standard InChI is InChI=1S/C13H13ClN2O3/c1-7(8(2)13(17)18)12-15-11(16-19-12)9-5-3-4-6-10(9)14/h3-8H,1-2H3,(H,17,18). The van der Waals surface area contributed by atoms with Crippen LogP contribution in [0.4, 0.5) is 0 Å². The molecule has 0 fully saturated rings. The third-order valence-corrected chi connectivity index (χ3v) is 3.42. The normalized spacial score (nSPS) is 14.1. The summed E-state index contributed by atoms with van der Waals surface area (Å²) >= 11 is 6.04. The highest BCUT2D eigenvalue weighted by Gasteiger charge is 2.26. The van der Waals surface area contributed by atoms with Gasteiger partial charge >= 0.3 is 5.97 Å². The van der Waals surface area contributed by atoms with Crippen molar-refractivity contribution < 1.29 is 14.4 Å². The summed E-state index contributed by atoms with van der Waals surface area (Å²) in [5, 5.41) is 13.3. The molecule has 1 heterocycles. The van der Waals surface area contributed by atoms with Crippen molar-refractivity contribution in [3.05, 3.63) is 35.2 Å². The molecule has 19 heavy (non-hydrogen) atoms. The van der Waals surface area contributed by atoms with E-state index in [1.807, 2.05) is 12.1 Å². The van der Waals surface area contributed by atoms with E-state index < -0.39 is 11.9 Å². The number of carboxylic acids is 1. The quantitative estimate of drug-likeness (QED) is 0.930. The molecule has 0 saturated heterocycles. The van der Waals surface area contributed by atoms with Gasteiger partial charge in [0, 0.05) is 11.5 Å². The van der Waals surface area contributed by atoms with Crippen LogP contribution < -0.4 is 0 Å². The van der Waals surface area contributed by atoms with E-state index in [1.165, 1.54) is 0 Å². The van der Waals surface area contributed by atoms with E-state index in [0.29, 0.717) is 22.3 Å². The average Bonchev–Trinajstić information content (AvgIpc) is 2.86. The van der Waals surface area contributed by atoms with Crippen molar-refractivity contribution in [2.24, 2.45) is 5.92 Å². The molecule has 1 aromatic heterocycles.